The highest BCUT2D eigenvalue weighted by molar-refractivity contribution is 7.92. The summed E-state index contributed by atoms with van der Waals surface area (Å²) in [6.07, 6.45) is 1.82. The van der Waals surface area contributed by atoms with Gasteiger partial charge in [-0.25, -0.2) is 8.42 Å². The fourth-order valence-electron chi connectivity index (χ4n) is 3.80. The van der Waals surface area contributed by atoms with Gasteiger partial charge in [0.2, 0.25) is 0 Å². The lowest BCUT2D eigenvalue weighted by atomic mass is 9.91. The summed E-state index contributed by atoms with van der Waals surface area (Å²) in [5.41, 5.74) is 3.53. The minimum absolute atomic E-state index is 0.155. The van der Waals surface area contributed by atoms with Crippen LogP contribution in [0.2, 0.25) is 5.02 Å². The zero-order valence-electron chi connectivity index (χ0n) is 15.4. The molecule has 0 aliphatic carbocycles. The number of hydrogen-bond donors (Lipinski definition) is 0. The monoisotopic (exact) mass is 409 g/mol. The van der Waals surface area contributed by atoms with E-state index < -0.39 is 16.1 Å². The molecule has 3 nitrogen and oxygen atoms in total. The van der Waals surface area contributed by atoms with Crippen LogP contribution in [0.15, 0.2) is 90.3 Å². The average molecular weight is 410 g/mol. The molecule has 3 aromatic rings. The van der Waals surface area contributed by atoms with Crippen LogP contribution in [0.3, 0.4) is 0 Å². The van der Waals surface area contributed by atoms with Crippen LogP contribution in [0.4, 0.5) is 5.69 Å². The molecule has 1 aliphatic rings. The van der Waals surface area contributed by atoms with Crippen molar-refractivity contribution in [2.75, 3.05) is 4.31 Å². The van der Waals surface area contributed by atoms with Gasteiger partial charge in [0, 0.05) is 10.9 Å². The van der Waals surface area contributed by atoms with Gasteiger partial charge in [0.25, 0.3) is 10.0 Å². The number of para-hydroxylation sites is 1. The molecule has 0 fully saturated rings. The van der Waals surface area contributed by atoms with Crippen LogP contribution in [-0.4, -0.2) is 8.42 Å². The Kier molecular flexibility index (Phi) is 4.77. The highest BCUT2D eigenvalue weighted by atomic mass is 35.5. The van der Waals surface area contributed by atoms with E-state index in [0.29, 0.717) is 10.7 Å². The summed E-state index contributed by atoms with van der Waals surface area (Å²) >= 11 is 6.06. The third-order valence-corrected chi connectivity index (χ3v) is 7.23. The van der Waals surface area contributed by atoms with Crippen molar-refractivity contribution < 1.29 is 8.42 Å². The number of benzene rings is 3. The standard InChI is InChI=1S/C23H20ClNO2S/c1-3-20-21-6-4-5-7-22(21)25(23(20)17-10-12-18(24)13-11-17)28(26,27)19-14-8-16(2)9-15-19/h3-15,20,23H,1H2,2H3/t20-,23+/m0/s1. The van der Waals surface area contributed by atoms with Gasteiger partial charge in [-0.15, -0.1) is 6.58 Å². The maximum atomic E-state index is 13.7. The zero-order chi connectivity index (χ0) is 19.9. The second-order valence-electron chi connectivity index (χ2n) is 6.93. The van der Waals surface area contributed by atoms with Gasteiger partial charge in [0.05, 0.1) is 16.6 Å². The lowest BCUT2D eigenvalue weighted by Crippen LogP contribution is -2.33. The van der Waals surface area contributed by atoms with E-state index in [9.17, 15) is 8.42 Å². The Bertz CT molecular complexity index is 1120. The van der Waals surface area contributed by atoms with Gasteiger partial charge in [-0.05, 0) is 48.4 Å². The van der Waals surface area contributed by atoms with Crippen LogP contribution in [0.5, 0.6) is 0 Å². The molecule has 5 heteroatoms. The molecule has 0 bridgehead atoms. The minimum Gasteiger partial charge on any atom is -0.258 e. The number of rotatable bonds is 4. The molecular formula is C23H20ClNO2S. The summed E-state index contributed by atoms with van der Waals surface area (Å²) in [5, 5.41) is 0.613. The van der Waals surface area contributed by atoms with E-state index in [2.05, 4.69) is 6.58 Å². The van der Waals surface area contributed by atoms with Gasteiger partial charge in [-0.1, -0.05) is 65.7 Å². The molecule has 0 N–H and O–H groups in total. The predicted octanol–water partition coefficient (Wildman–Crippen LogP) is 5.87. The van der Waals surface area contributed by atoms with Gasteiger partial charge in [-0.2, -0.15) is 0 Å². The van der Waals surface area contributed by atoms with Crippen LogP contribution in [0, 0.1) is 6.92 Å². The quantitative estimate of drug-likeness (QED) is 0.505. The van der Waals surface area contributed by atoms with E-state index in [1.54, 1.807) is 24.3 Å². The van der Waals surface area contributed by atoms with Crippen LogP contribution < -0.4 is 4.31 Å². The second kappa shape index (κ2) is 7.12. The zero-order valence-corrected chi connectivity index (χ0v) is 17.0. The summed E-state index contributed by atoms with van der Waals surface area (Å²) < 4.78 is 28.9. The van der Waals surface area contributed by atoms with Crippen molar-refractivity contribution in [2.24, 2.45) is 0 Å². The Hall–Kier alpha value is -2.56. The smallest absolute Gasteiger partial charge is 0.258 e. The lowest BCUT2D eigenvalue weighted by molar-refractivity contribution is 0.576. The molecule has 0 saturated carbocycles. The third-order valence-electron chi connectivity index (χ3n) is 5.17. The summed E-state index contributed by atoms with van der Waals surface area (Å²) in [4.78, 5) is 0.275. The second-order valence-corrected chi connectivity index (χ2v) is 9.18. The van der Waals surface area contributed by atoms with Gasteiger partial charge < -0.3 is 0 Å². The fourth-order valence-corrected chi connectivity index (χ4v) is 5.61. The van der Waals surface area contributed by atoms with Gasteiger partial charge in [0.15, 0.2) is 0 Å². The minimum atomic E-state index is -3.77. The maximum Gasteiger partial charge on any atom is 0.264 e. The van der Waals surface area contributed by atoms with Gasteiger partial charge >= 0.3 is 0 Å². The average Bonchev–Trinajstić information content (AvgIpc) is 3.04. The molecule has 0 radical (unpaired) electrons. The van der Waals surface area contributed by atoms with Gasteiger partial charge in [0.1, 0.15) is 0 Å². The number of sulfonamides is 1. The van der Waals surface area contributed by atoms with E-state index in [4.69, 9.17) is 11.6 Å². The van der Waals surface area contributed by atoms with Crippen molar-refractivity contribution in [3.05, 3.63) is 107 Å². The van der Waals surface area contributed by atoms with Crippen molar-refractivity contribution in [2.45, 2.75) is 23.8 Å². The van der Waals surface area contributed by atoms with Gasteiger partial charge in [-0.3, -0.25) is 4.31 Å². The third kappa shape index (κ3) is 3.03. The molecule has 1 aliphatic heterocycles. The first kappa shape index (κ1) is 18.8. The molecule has 4 rings (SSSR count). The van der Waals surface area contributed by atoms with E-state index >= 15 is 0 Å². The first-order chi connectivity index (χ1) is 13.4. The molecule has 0 spiro atoms. The highest BCUT2D eigenvalue weighted by Gasteiger charge is 2.44. The number of fused-ring (bicyclic) bond motifs is 1. The molecular weight excluding hydrogens is 390 g/mol. The van der Waals surface area contributed by atoms with Crippen molar-refractivity contribution in [3.63, 3.8) is 0 Å². The van der Waals surface area contributed by atoms with Crippen molar-refractivity contribution >= 4 is 27.3 Å². The Morgan fingerprint density at radius 1 is 0.964 bits per heavy atom. The van der Waals surface area contributed by atoms with Crippen LogP contribution >= 0.6 is 11.6 Å². The number of nitrogens with zero attached hydrogens (tertiary/aromatic N) is 1. The molecule has 1 heterocycles. The number of anilines is 1. The Labute approximate surface area is 170 Å². The predicted molar refractivity (Wildman–Crippen MR) is 114 cm³/mol. The van der Waals surface area contributed by atoms with Crippen LogP contribution in [0.25, 0.3) is 0 Å². The Balaban J connectivity index is 1.94. The van der Waals surface area contributed by atoms with E-state index in [-0.39, 0.29) is 10.8 Å². The normalized spacial score (nSPS) is 18.7. The molecule has 3 aromatic carbocycles. The van der Waals surface area contributed by atoms with Crippen molar-refractivity contribution in [3.8, 4) is 0 Å². The molecule has 142 valence electrons. The molecule has 0 saturated heterocycles. The largest absolute Gasteiger partial charge is 0.264 e. The van der Waals surface area contributed by atoms with E-state index in [0.717, 1.165) is 16.7 Å². The van der Waals surface area contributed by atoms with Crippen molar-refractivity contribution in [1.29, 1.82) is 0 Å². The van der Waals surface area contributed by atoms with E-state index in [1.165, 1.54) is 4.31 Å². The van der Waals surface area contributed by atoms with Crippen molar-refractivity contribution in [1.82, 2.24) is 0 Å². The summed E-state index contributed by atoms with van der Waals surface area (Å²) in [6, 6.07) is 21.5. The molecule has 0 unspecified atom stereocenters. The topological polar surface area (TPSA) is 37.4 Å². The first-order valence-corrected chi connectivity index (χ1v) is 10.8. The van der Waals surface area contributed by atoms with Crippen LogP contribution in [0.1, 0.15) is 28.7 Å². The van der Waals surface area contributed by atoms with E-state index in [1.807, 2.05) is 61.5 Å². The number of halogens is 1. The Morgan fingerprint density at radius 2 is 1.61 bits per heavy atom. The lowest BCUT2D eigenvalue weighted by Gasteiger charge is -2.29. The SMILES string of the molecule is C=C[C@H]1c2ccccc2N(S(=O)(=O)c2ccc(C)cc2)[C@@H]1c1ccc(Cl)cc1. The molecule has 0 aromatic heterocycles. The number of hydrogen-bond acceptors (Lipinski definition) is 2. The summed E-state index contributed by atoms with van der Waals surface area (Å²) in [7, 11) is -3.77. The maximum absolute atomic E-state index is 13.7. The summed E-state index contributed by atoms with van der Waals surface area (Å²) in [5.74, 6) is -0.155. The Morgan fingerprint density at radius 3 is 2.25 bits per heavy atom. The highest BCUT2D eigenvalue weighted by Crippen LogP contribution is 2.51. The first-order valence-electron chi connectivity index (χ1n) is 9.01. The summed E-state index contributed by atoms with van der Waals surface area (Å²) in [6.45, 7) is 5.92. The molecule has 0 amide bonds. The molecule has 2 atom stereocenters. The number of aryl methyl sites for hydroxylation is 1. The fraction of sp³-hybridized carbons (Fsp3) is 0.130. The van der Waals surface area contributed by atoms with Crippen LogP contribution in [-0.2, 0) is 10.0 Å². The molecule has 28 heavy (non-hydrogen) atoms.